The van der Waals surface area contributed by atoms with Gasteiger partial charge in [-0.05, 0) is 38.2 Å². The van der Waals surface area contributed by atoms with Gasteiger partial charge in [-0.3, -0.25) is 0 Å². The fourth-order valence-corrected chi connectivity index (χ4v) is 1.86. The number of nitrogen functional groups attached to an aromatic ring is 1. The number of aromatic carboxylic acids is 1. The van der Waals surface area contributed by atoms with Crippen molar-refractivity contribution in [1.29, 1.82) is 0 Å². The molecule has 5 nitrogen and oxygen atoms in total. The zero-order valence-corrected chi connectivity index (χ0v) is 12.0. The Kier molecular flexibility index (Phi) is 5.18. The first-order chi connectivity index (χ1) is 8.81. The molecule has 0 bridgehead atoms. The highest BCUT2D eigenvalue weighted by molar-refractivity contribution is 5.94. The molecule has 0 radical (unpaired) electrons. The molecular weight excluding hydrogens is 242 g/mol. The molecule has 1 atom stereocenters. The minimum Gasteiger partial charge on any atom is -0.478 e. The van der Waals surface area contributed by atoms with E-state index in [1.54, 1.807) is 12.1 Å². The molecule has 0 fully saturated rings. The molecule has 1 unspecified atom stereocenters. The number of rotatable bonds is 6. The number of nitrogens with zero attached hydrogens (tertiary/aromatic N) is 1. The topological polar surface area (TPSA) is 78.6 Å². The first kappa shape index (κ1) is 15.3. The third-order valence-corrected chi connectivity index (χ3v) is 3.00. The SMILES string of the molecule is CC(C)C(CN(C)C)Nc1ccc(N)c(C(=O)O)c1. The Bertz CT molecular complexity index is 444. The lowest BCUT2D eigenvalue weighted by molar-refractivity contribution is 0.0698. The molecule has 4 N–H and O–H groups in total. The van der Waals surface area contributed by atoms with Crippen LogP contribution in [0.5, 0.6) is 0 Å². The molecule has 0 aliphatic carbocycles. The van der Waals surface area contributed by atoms with Gasteiger partial charge in [-0.2, -0.15) is 0 Å². The fourth-order valence-electron chi connectivity index (χ4n) is 1.86. The molecular formula is C14H23N3O2. The molecule has 5 heteroatoms. The van der Waals surface area contributed by atoms with Gasteiger partial charge in [-0.1, -0.05) is 13.8 Å². The van der Waals surface area contributed by atoms with Gasteiger partial charge >= 0.3 is 5.97 Å². The molecule has 0 aliphatic heterocycles. The summed E-state index contributed by atoms with van der Waals surface area (Å²) in [6.07, 6.45) is 0. The summed E-state index contributed by atoms with van der Waals surface area (Å²) >= 11 is 0. The number of hydrogen-bond acceptors (Lipinski definition) is 4. The van der Waals surface area contributed by atoms with E-state index in [0.29, 0.717) is 5.92 Å². The molecule has 0 saturated carbocycles. The minimum absolute atomic E-state index is 0.136. The van der Waals surface area contributed by atoms with Gasteiger partial charge in [-0.15, -0.1) is 0 Å². The van der Waals surface area contributed by atoms with Crippen LogP contribution in [-0.4, -0.2) is 42.7 Å². The summed E-state index contributed by atoms with van der Waals surface area (Å²) in [6.45, 7) is 5.15. The highest BCUT2D eigenvalue weighted by Gasteiger charge is 2.15. The van der Waals surface area contributed by atoms with Crippen molar-refractivity contribution >= 4 is 17.3 Å². The number of carboxylic acid groups (broad SMARTS) is 1. The van der Waals surface area contributed by atoms with Crippen molar-refractivity contribution in [3.63, 3.8) is 0 Å². The van der Waals surface area contributed by atoms with Crippen molar-refractivity contribution in [2.24, 2.45) is 5.92 Å². The van der Waals surface area contributed by atoms with Crippen molar-refractivity contribution < 1.29 is 9.90 Å². The van der Waals surface area contributed by atoms with E-state index >= 15 is 0 Å². The monoisotopic (exact) mass is 265 g/mol. The van der Waals surface area contributed by atoms with Gasteiger partial charge < -0.3 is 21.1 Å². The average Bonchev–Trinajstić information content (AvgIpc) is 2.29. The van der Waals surface area contributed by atoms with E-state index in [0.717, 1.165) is 12.2 Å². The number of benzene rings is 1. The fraction of sp³-hybridized carbons (Fsp3) is 0.500. The summed E-state index contributed by atoms with van der Waals surface area (Å²) in [7, 11) is 4.03. The van der Waals surface area contributed by atoms with E-state index in [4.69, 9.17) is 10.8 Å². The molecule has 0 heterocycles. The van der Waals surface area contributed by atoms with Crippen molar-refractivity contribution in [2.75, 3.05) is 31.7 Å². The van der Waals surface area contributed by atoms with Crippen LogP contribution in [0.4, 0.5) is 11.4 Å². The highest BCUT2D eigenvalue weighted by atomic mass is 16.4. The van der Waals surface area contributed by atoms with Crippen LogP contribution in [0.2, 0.25) is 0 Å². The predicted octanol–water partition coefficient (Wildman–Crippen LogP) is 1.97. The normalized spacial score (nSPS) is 12.7. The van der Waals surface area contributed by atoms with Gasteiger partial charge in [0.1, 0.15) is 0 Å². The first-order valence-corrected chi connectivity index (χ1v) is 6.35. The molecule has 1 rings (SSSR count). The van der Waals surface area contributed by atoms with E-state index in [1.807, 2.05) is 20.2 Å². The maximum atomic E-state index is 11.1. The second-order valence-corrected chi connectivity index (χ2v) is 5.36. The Labute approximate surface area is 114 Å². The van der Waals surface area contributed by atoms with Crippen molar-refractivity contribution in [3.8, 4) is 0 Å². The van der Waals surface area contributed by atoms with Gasteiger partial charge in [-0.25, -0.2) is 4.79 Å². The van der Waals surface area contributed by atoms with Gasteiger partial charge in [0.15, 0.2) is 0 Å². The Hall–Kier alpha value is -1.75. The standard InChI is InChI=1S/C14H23N3O2/c1-9(2)13(8-17(3)4)16-10-5-6-12(15)11(7-10)14(18)19/h5-7,9,13,16H,8,15H2,1-4H3,(H,18,19). The summed E-state index contributed by atoms with van der Waals surface area (Å²) in [6, 6.07) is 5.27. The quantitative estimate of drug-likeness (QED) is 0.685. The second-order valence-electron chi connectivity index (χ2n) is 5.36. The molecule has 1 aromatic carbocycles. The number of carbonyl (C=O) groups is 1. The van der Waals surface area contributed by atoms with Crippen molar-refractivity contribution in [3.05, 3.63) is 23.8 Å². The Morgan fingerprint density at radius 1 is 1.42 bits per heavy atom. The second kappa shape index (κ2) is 6.43. The lowest BCUT2D eigenvalue weighted by Gasteiger charge is -2.26. The number of likely N-dealkylation sites (N-methyl/N-ethyl adjacent to an activating group) is 1. The van der Waals surface area contributed by atoms with E-state index in [1.165, 1.54) is 0 Å². The molecule has 0 aliphatic rings. The molecule has 0 amide bonds. The summed E-state index contributed by atoms with van der Waals surface area (Å²) < 4.78 is 0. The van der Waals surface area contributed by atoms with Gasteiger partial charge in [0.25, 0.3) is 0 Å². The van der Waals surface area contributed by atoms with Gasteiger partial charge in [0, 0.05) is 24.0 Å². The third-order valence-electron chi connectivity index (χ3n) is 3.00. The minimum atomic E-state index is -1.00. The Morgan fingerprint density at radius 3 is 2.53 bits per heavy atom. The summed E-state index contributed by atoms with van der Waals surface area (Å²) in [5.74, 6) is -0.567. The number of anilines is 2. The van der Waals surface area contributed by atoms with Crippen LogP contribution in [0, 0.1) is 5.92 Å². The number of hydrogen-bond donors (Lipinski definition) is 3. The summed E-state index contributed by atoms with van der Waals surface area (Å²) in [5, 5.41) is 12.4. The lowest BCUT2D eigenvalue weighted by Crippen LogP contribution is -2.36. The lowest BCUT2D eigenvalue weighted by atomic mass is 10.0. The van der Waals surface area contributed by atoms with E-state index in [2.05, 4.69) is 24.1 Å². The Morgan fingerprint density at radius 2 is 2.05 bits per heavy atom. The molecule has 0 aromatic heterocycles. The number of nitrogens with two attached hydrogens (primary N) is 1. The van der Waals surface area contributed by atoms with E-state index in [9.17, 15) is 4.79 Å². The zero-order valence-electron chi connectivity index (χ0n) is 12.0. The van der Waals surface area contributed by atoms with Crippen LogP contribution >= 0.6 is 0 Å². The largest absolute Gasteiger partial charge is 0.478 e. The zero-order chi connectivity index (χ0) is 14.6. The maximum absolute atomic E-state index is 11.1. The third kappa shape index (κ3) is 4.44. The van der Waals surface area contributed by atoms with Crippen LogP contribution in [0.15, 0.2) is 18.2 Å². The smallest absolute Gasteiger partial charge is 0.337 e. The molecule has 1 aromatic rings. The molecule has 19 heavy (non-hydrogen) atoms. The van der Waals surface area contributed by atoms with Crippen LogP contribution in [0.3, 0.4) is 0 Å². The summed E-state index contributed by atoms with van der Waals surface area (Å²) in [5.41, 5.74) is 6.85. The summed E-state index contributed by atoms with van der Waals surface area (Å²) in [4.78, 5) is 13.2. The average molecular weight is 265 g/mol. The highest BCUT2D eigenvalue weighted by Crippen LogP contribution is 2.20. The first-order valence-electron chi connectivity index (χ1n) is 6.35. The van der Waals surface area contributed by atoms with Crippen molar-refractivity contribution in [1.82, 2.24) is 4.90 Å². The molecule has 0 spiro atoms. The van der Waals surface area contributed by atoms with Crippen molar-refractivity contribution in [2.45, 2.75) is 19.9 Å². The van der Waals surface area contributed by atoms with Crippen LogP contribution < -0.4 is 11.1 Å². The number of carboxylic acids is 1. The van der Waals surface area contributed by atoms with Gasteiger partial charge in [0.05, 0.1) is 5.56 Å². The van der Waals surface area contributed by atoms with E-state index in [-0.39, 0.29) is 17.3 Å². The Balaban J connectivity index is 2.90. The van der Waals surface area contributed by atoms with Crippen LogP contribution in [0.1, 0.15) is 24.2 Å². The molecule has 106 valence electrons. The van der Waals surface area contributed by atoms with E-state index < -0.39 is 5.97 Å². The predicted molar refractivity (Wildman–Crippen MR) is 78.6 cm³/mol. The van der Waals surface area contributed by atoms with Crippen LogP contribution in [0.25, 0.3) is 0 Å². The van der Waals surface area contributed by atoms with Crippen LogP contribution in [-0.2, 0) is 0 Å². The maximum Gasteiger partial charge on any atom is 0.337 e. The number of nitrogens with one attached hydrogen (secondary N) is 1. The van der Waals surface area contributed by atoms with Gasteiger partial charge in [0.2, 0.25) is 0 Å². The molecule has 0 saturated heterocycles.